The van der Waals surface area contributed by atoms with Crippen molar-refractivity contribution in [1.82, 2.24) is 40.0 Å². The van der Waals surface area contributed by atoms with Gasteiger partial charge in [0.1, 0.15) is 22.4 Å². The van der Waals surface area contributed by atoms with Crippen molar-refractivity contribution in [2.24, 2.45) is 0 Å². The fourth-order valence-electron chi connectivity index (χ4n) is 4.56. The lowest BCUT2D eigenvalue weighted by Gasteiger charge is -2.10. The Labute approximate surface area is 271 Å². The second-order valence-electron chi connectivity index (χ2n) is 10.2. The largest absolute Gasteiger partial charge is 0.382 e. The van der Waals surface area contributed by atoms with E-state index in [1.807, 2.05) is 0 Å². The molecule has 0 aliphatic heterocycles. The summed E-state index contributed by atoms with van der Waals surface area (Å²) in [7, 11) is 3.18. The lowest BCUT2D eigenvalue weighted by molar-refractivity contribution is 0.0224. The van der Waals surface area contributed by atoms with Gasteiger partial charge in [-0.1, -0.05) is 10.4 Å². The predicted molar refractivity (Wildman–Crippen MR) is 162 cm³/mol. The number of fused-ring (bicyclic) bond motifs is 2. The highest BCUT2D eigenvalue weighted by Crippen LogP contribution is 2.35. The molecule has 0 amide bonds. The van der Waals surface area contributed by atoms with Gasteiger partial charge in [-0.25, -0.2) is 36.9 Å². The second-order valence-corrected chi connectivity index (χ2v) is 10.2. The van der Waals surface area contributed by atoms with Gasteiger partial charge in [0, 0.05) is 25.3 Å². The van der Waals surface area contributed by atoms with E-state index in [2.05, 4.69) is 30.6 Å². The number of benzene rings is 2. The van der Waals surface area contributed by atoms with Crippen LogP contribution >= 0.6 is 0 Å². The van der Waals surface area contributed by atoms with Gasteiger partial charge in [0.2, 0.25) is 0 Å². The number of halogens is 4. The molecule has 0 bridgehead atoms. The minimum atomic E-state index is -1.99. The van der Waals surface area contributed by atoms with Crippen LogP contribution in [-0.4, -0.2) is 120 Å². The number of nitrogens with zero attached hydrogens (tertiary/aromatic N) is 8. The van der Waals surface area contributed by atoms with Crippen molar-refractivity contribution < 1.29 is 46.0 Å². The van der Waals surface area contributed by atoms with Crippen LogP contribution in [-0.2, 0) is 41.5 Å². The summed E-state index contributed by atoms with van der Waals surface area (Å²) in [5.41, 5.74) is -0.188. The van der Waals surface area contributed by atoms with Crippen LogP contribution in [0.2, 0.25) is 0 Å². The molecule has 14 nitrogen and oxygen atoms in total. The van der Waals surface area contributed by atoms with Crippen molar-refractivity contribution in [1.29, 1.82) is 0 Å². The van der Waals surface area contributed by atoms with E-state index in [1.165, 1.54) is 9.36 Å². The van der Waals surface area contributed by atoms with E-state index >= 15 is 0 Å². The van der Waals surface area contributed by atoms with Crippen LogP contribution in [0.5, 0.6) is 0 Å². The van der Waals surface area contributed by atoms with Gasteiger partial charge in [0.25, 0.3) is 0 Å². The normalized spacial score (nSPS) is 11.8. The summed E-state index contributed by atoms with van der Waals surface area (Å²) in [5.74, 6) is -7.32. The van der Waals surface area contributed by atoms with Gasteiger partial charge >= 0.3 is 0 Å². The summed E-state index contributed by atoms with van der Waals surface area (Å²) in [6.45, 7) is 4.84. The molecule has 0 N–H and O–H groups in total. The van der Waals surface area contributed by atoms with Gasteiger partial charge in [-0.15, -0.1) is 10.2 Å². The highest BCUT2D eigenvalue weighted by molar-refractivity contribution is 6.02. The van der Waals surface area contributed by atoms with E-state index in [-0.39, 0.29) is 11.0 Å². The van der Waals surface area contributed by atoms with Gasteiger partial charge in [-0.2, -0.15) is 0 Å². The zero-order valence-corrected chi connectivity index (χ0v) is 26.3. The maximum atomic E-state index is 14.9. The fourth-order valence-corrected chi connectivity index (χ4v) is 4.56. The number of aromatic nitrogens is 8. The monoisotopic (exact) mass is 678 g/mol. The van der Waals surface area contributed by atoms with Crippen LogP contribution in [0.4, 0.5) is 17.6 Å². The minimum Gasteiger partial charge on any atom is -0.382 e. The van der Waals surface area contributed by atoms with E-state index in [1.54, 1.807) is 38.7 Å². The maximum absolute atomic E-state index is 14.9. The summed E-state index contributed by atoms with van der Waals surface area (Å²) in [6.07, 6.45) is 3.22. The standard InChI is InChI=1S/C30H34F4N8O6/c1-43-9-11-47-15-13-45-7-5-41-17-21(37-39-41)19-3-4-20(22-18-42(40-38-22)6-8-46-14-16-48-12-10-44-2)28-27(19)35-29-25(33)23(31)24(32)26(34)30(29)36-28/h3-4,17-18H,5-16H2,1-2H3. The Bertz CT molecular complexity index is 1680. The van der Waals surface area contributed by atoms with E-state index in [4.69, 9.17) is 28.4 Å². The molecule has 0 aliphatic carbocycles. The predicted octanol–water partition coefficient (Wildman–Crippen LogP) is 3.22. The van der Waals surface area contributed by atoms with Crippen LogP contribution in [0.15, 0.2) is 24.5 Å². The number of hydrogen-bond donors (Lipinski definition) is 0. The molecule has 5 aromatic rings. The van der Waals surface area contributed by atoms with Gasteiger partial charge in [-0.3, -0.25) is 0 Å². The zero-order valence-electron chi connectivity index (χ0n) is 26.3. The van der Waals surface area contributed by atoms with Crippen molar-refractivity contribution >= 4 is 22.1 Å². The number of rotatable bonds is 20. The van der Waals surface area contributed by atoms with E-state index in [9.17, 15) is 17.6 Å². The Kier molecular flexibility index (Phi) is 12.6. The van der Waals surface area contributed by atoms with Crippen LogP contribution in [0.25, 0.3) is 44.6 Å². The van der Waals surface area contributed by atoms with E-state index in [0.717, 1.165) is 0 Å². The van der Waals surface area contributed by atoms with Crippen LogP contribution in [0.1, 0.15) is 0 Å². The SMILES string of the molecule is COCCOCCOCCn1cc(-c2ccc(-c3cn(CCOCCOCCOC)nn3)c3nc4c(F)c(F)c(F)c(F)c4nc23)nn1. The van der Waals surface area contributed by atoms with Crippen LogP contribution < -0.4 is 0 Å². The second kappa shape index (κ2) is 17.3. The summed E-state index contributed by atoms with van der Waals surface area (Å²) < 4.78 is 92.9. The average molecular weight is 679 g/mol. The summed E-state index contributed by atoms with van der Waals surface area (Å²) in [4.78, 5) is 8.46. The first kappa shape index (κ1) is 35.1. The molecule has 48 heavy (non-hydrogen) atoms. The Morgan fingerprint density at radius 2 is 0.875 bits per heavy atom. The quantitative estimate of drug-likeness (QED) is 0.0392. The lowest BCUT2D eigenvalue weighted by Crippen LogP contribution is -2.12. The third-order valence-electron chi connectivity index (χ3n) is 6.98. The molecular formula is C30H34F4N8O6. The van der Waals surface area contributed by atoms with Crippen molar-refractivity contribution in [3.05, 3.63) is 47.8 Å². The highest BCUT2D eigenvalue weighted by atomic mass is 19.2. The molecule has 0 saturated carbocycles. The first-order valence-electron chi connectivity index (χ1n) is 15.0. The topological polar surface area (TPSA) is 143 Å². The average Bonchev–Trinajstić information content (AvgIpc) is 3.78. The smallest absolute Gasteiger partial charge is 0.199 e. The highest BCUT2D eigenvalue weighted by Gasteiger charge is 2.25. The molecule has 0 fully saturated rings. The van der Waals surface area contributed by atoms with E-state index in [0.29, 0.717) is 102 Å². The number of methoxy groups -OCH3 is 2. The van der Waals surface area contributed by atoms with Crippen LogP contribution in [0, 0.1) is 23.3 Å². The Morgan fingerprint density at radius 1 is 0.500 bits per heavy atom. The van der Waals surface area contributed by atoms with Crippen LogP contribution in [0.3, 0.4) is 0 Å². The molecule has 258 valence electrons. The van der Waals surface area contributed by atoms with Crippen molar-refractivity contribution in [2.45, 2.75) is 13.1 Å². The molecule has 0 unspecified atom stereocenters. The summed E-state index contributed by atoms with van der Waals surface area (Å²) >= 11 is 0. The molecule has 0 atom stereocenters. The van der Waals surface area contributed by atoms with Gasteiger partial charge in [0.15, 0.2) is 23.3 Å². The van der Waals surface area contributed by atoms with E-state index < -0.39 is 34.3 Å². The third kappa shape index (κ3) is 8.44. The maximum Gasteiger partial charge on any atom is 0.199 e. The zero-order chi connectivity index (χ0) is 33.9. The molecule has 0 aliphatic rings. The lowest BCUT2D eigenvalue weighted by atomic mass is 10.0. The fraction of sp³-hybridized carbons (Fsp3) is 0.467. The first-order chi connectivity index (χ1) is 23.4. The Morgan fingerprint density at radius 3 is 1.27 bits per heavy atom. The molecule has 2 aromatic carbocycles. The first-order valence-corrected chi connectivity index (χ1v) is 15.0. The van der Waals surface area contributed by atoms with Crippen molar-refractivity contribution in [3.63, 3.8) is 0 Å². The molecule has 0 radical (unpaired) electrons. The molecule has 3 aromatic heterocycles. The summed E-state index contributed by atoms with van der Waals surface area (Å²) in [5, 5.41) is 16.6. The molecular weight excluding hydrogens is 644 g/mol. The van der Waals surface area contributed by atoms with Gasteiger partial charge in [-0.05, 0) is 12.1 Å². The molecule has 0 spiro atoms. The number of hydrogen-bond acceptors (Lipinski definition) is 12. The van der Waals surface area contributed by atoms with Gasteiger partial charge in [0.05, 0.1) is 103 Å². The molecule has 0 saturated heterocycles. The van der Waals surface area contributed by atoms with Crippen molar-refractivity contribution in [2.75, 3.05) is 80.3 Å². The summed E-state index contributed by atoms with van der Waals surface area (Å²) in [6, 6.07) is 3.25. The number of ether oxygens (including phenoxy) is 6. The minimum absolute atomic E-state index is 0.0344. The molecule has 3 heterocycles. The van der Waals surface area contributed by atoms with Crippen molar-refractivity contribution in [3.8, 4) is 22.5 Å². The molecule has 5 rings (SSSR count). The Hall–Kier alpha value is -4.20. The van der Waals surface area contributed by atoms with Gasteiger partial charge < -0.3 is 28.4 Å². The Balaban J connectivity index is 1.38. The molecule has 18 heteroatoms. The third-order valence-corrected chi connectivity index (χ3v) is 6.98.